The molecule has 3 N–H and O–H groups in total. The molecule has 0 saturated heterocycles. The molecule has 0 aromatic heterocycles. The van der Waals surface area contributed by atoms with E-state index in [0.717, 1.165) is 5.56 Å². The summed E-state index contributed by atoms with van der Waals surface area (Å²) in [5, 5.41) is 2.63. The summed E-state index contributed by atoms with van der Waals surface area (Å²) in [5.41, 5.74) is 8.07. The van der Waals surface area contributed by atoms with E-state index in [1.54, 1.807) is 30.3 Å². The molecule has 0 heterocycles. The van der Waals surface area contributed by atoms with Crippen LogP contribution in [0.5, 0.6) is 0 Å². The molecule has 1 amide bonds. The largest absolute Gasteiger partial charge is 0.399 e. The van der Waals surface area contributed by atoms with Crippen LogP contribution in [-0.2, 0) is 0 Å². The molecule has 0 aliphatic rings. The molecule has 0 saturated carbocycles. The van der Waals surface area contributed by atoms with Crippen molar-refractivity contribution >= 4 is 17.3 Å². The quantitative estimate of drug-likeness (QED) is 0.798. The van der Waals surface area contributed by atoms with Crippen LogP contribution in [-0.4, -0.2) is 5.91 Å². The topological polar surface area (TPSA) is 55.1 Å². The SMILES string of the molecule is Cc1cc(C(=O)Nc2cccc(F)c2)ccc1N. The molecule has 0 unspecified atom stereocenters. The van der Waals surface area contributed by atoms with E-state index in [9.17, 15) is 9.18 Å². The van der Waals surface area contributed by atoms with Crippen LogP contribution < -0.4 is 11.1 Å². The van der Waals surface area contributed by atoms with Crippen molar-refractivity contribution < 1.29 is 9.18 Å². The maximum atomic E-state index is 13.0. The predicted molar refractivity (Wildman–Crippen MR) is 69.9 cm³/mol. The molecule has 2 aromatic rings. The minimum Gasteiger partial charge on any atom is -0.399 e. The first-order chi connectivity index (χ1) is 8.56. The molecule has 92 valence electrons. The number of benzene rings is 2. The second kappa shape index (κ2) is 4.87. The number of nitrogens with two attached hydrogens (primary N) is 1. The highest BCUT2D eigenvalue weighted by Gasteiger charge is 2.07. The molecule has 4 heteroatoms. The van der Waals surface area contributed by atoms with E-state index >= 15 is 0 Å². The number of amides is 1. The smallest absolute Gasteiger partial charge is 0.255 e. The molecule has 18 heavy (non-hydrogen) atoms. The number of rotatable bonds is 2. The number of anilines is 2. The summed E-state index contributed by atoms with van der Waals surface area (Å²) in [6.45, 7) is 1.83. The zero-order valence-corrected chi connectivity index (χ0v) is 9.91. The fraction of sp³-hybridized carbons (Fsp3) is 0.0714. The van der Waals surface area contributed by atoms with Crippen LogP contribution in [0.15, 0.2) is 42.5 Å². The minimum atomic E-state index is -0.388. The number of nitrogen functional groups attached to an aromatic ring is 1. The maximum absolute atomic E-state index is 13.0. The van der Waals surface area contributed by atoms with Crippen LogP contribution in [0.4, 0.5) is 15.8 Å². The first-order valence-electron chi connectivity index (χ1n) is 5.49. The zero-order chi connectivity index (χ0) is 13.1. The van der Waals surface area contributed by atoms with Crippen LogP contribution in [0.1, 0.15) is 15.9 Å². The average Bonchev–Trinajstić information content (AvgIpc) is 2.32. The van der Waals surface area contributed by atoms with Crippen LogP contribution in [0.3, 0.4) is 0 Å². The van der Waals surface area contributed by atoms with Crippen molar-refractivity contribution in [3.8, 4) is 0 Å². The Morgan fingerprint density at radius 2 is 2.00 bits per heavy atom. The van der Waals surface area contributed by atoms with Gasteiger partial charge in [0.05, 0.1) is 0 Å². The lowest BCUT2D eigenvalue weighted by Gasteiger charge is -2.07. The Labute approximate surface area is 104 Å². The normalized spacial score (nSPS) is 10.1. The van der Waals surface area contributed by atoms with Gasteiger partial charge in [0, 0.05) is 16.9 Å². The number of carbonyl (C=O) groups is 1. The molecule has 0 aliphatic carbocycles. The van der Waals surface area contributed by atoms with Gasteiger partial charge in [-0.1, -0.05) is 6.07 Å². The van der Waals surface area contributed by atoms with Gasteiger partial charge in [0.15, 0.2) is 0 Å². The van der Waals surface area contributed by atoms with Crippen molar-refractivity contribution in [2.45, 2.75) is 6.92 Å². The van der Waals surface area contributed by atoms with Gasteiger partial charge in [-0.3, -0.25) is 4.79 Å². The van der Waals surface area contributed by atoms with E-state index in [1.807, 2.05) is 6.92 Å². The summed E-state index contributed by atoms with van der Waals surface area (Å²) >= 11 is 0. The fourth-order valence-electron chi connectivity index (χ4n) is 1.59. The Kier molecular flexibility index (Phi) is 3.28. The van der Waals surface area contributed by atoms with Gasteiger partial charge < -0.3 is 11.1 Å². The molecule has 2 aromatic carbocycles. The molecule has 0 aliphatic heterocycles. The molecule has 3 nitrogen and oxygen atoms in total. The molecular weight excluding hydrogens is 231 g/mol. The van der Waals surface area contributed by atoms with Crippen LogP contribution in [0, 0.1) is 12.7 Å². The van der Waals surface area contributed by atoms with Gasteiger partial charge in [0.1, 0.15) is 5.82 Å². The monoisotopic (exact) mass is 244 g/mol. The lowest BCUT2D eigenvalue weighted by atomic mass is 10.1. The maximum Gasteiger partial charge on any atom is 0.255 e. The Balaban J connectivity index is 2.19. The van der Waals surface area contributed by atoms with Gasteiger partial charge in [-0.2, -0.15) is 0 Å². The third-order valence-electron chi connectivity index (χ3n) is 2.61. The van der Waals surface area contributed by atoms with Crippen LogP contribution in [0.25, 0.3) is 0 Å². The van der Waals surface area contributed by atoms with Gasteiger partial charge in [-0.05, 0) is 48.9 Å². The highest BCUT2D eigenvalue weighted by Crippen LogP contribution is 2.15. The van der Waals surface area contributed by atoms with E-state index in [0.29, 0.717) is 16.9 Å². The molecule has 0 fully saturated rings. The summed E-state index contributed by atoms with van der Waals surface area (Å²) in [6, 6.07) is 10.8. The first kappa shape index (κ1) is 12.1. The third kappa shape index (κ3) is 2.66. The van der Waals surface area contributed by atoms with Crippen molar-refractivity contribution in [1.82, 2.24) is 0 Å². The van der Waals surface area contributed by atoms with Crippen molar-refractivity contribution in [2.75, 3.05) is 11.1 Å². The number of hydrogen-bond acceptors (Lipinski definition) is 2. The second-order valence-electron chi connectivity index (χ2n) is 4.04. The Morgan fingerprint density at radius 1 is 1.22 bits per heavy atom. The van der Waals surface area contributed by atoms with Crippen LogP contribution in [0.2, 0.25) is 0 Å². The van der Waals surface area contributed by atoms with Crippen molar-refractivity contribution in [3.05, 3.63) is 59.4 Å². The number of halogens is 1. The van der Waals surface area contributed by atoms with Crippen molar-refractivity contribution in [2.24, 2.45) is 0 Å². The lowest BCUT2D eigenvalue weighted by Crippen LogP contribution is -2.12. The van der Waals surface area contributed by atoms with E-state index in [-0.39, 0.29) is 11.7 Å². The van der Waals surface area contributed by atoms with Gasteiger partial charge in [0.2, 0.25) is 0 Å². The molecule has 0 radical (unpaired) electrons. The standard InChI is InChI=1S/C14H13FN2O/c1-9-7-10(5-6-13(9)16)14(18)17-12-4-2-3-11(15)8-12/h2-8H,16H2,1H3,(H,17,18). The van der Waals surface area contributed by atoms with Crippen molar-refractivity contribution in [3.63, 3.8) is 0 Å². The predicted octanol–water partition coefficient (Wildman–Crippen LogP) is 2.97. The average molecular weight is 244 g/mol. The highest BCUT2D eigenvalue weighted by molar-refractivity contribution is 6.04. The van der Waals surface area contributed by atoms with E-state index in [2.05, 4.69) is 5.32 Å². The lowest BCUT2D eigenvalue weighted by molar-refractivity contribution is 0.102. The molecular formula is C14H13FN2O. The molecule has 0 bridgehead atoms. The minimum absolute atomic E-state index is 0.288. The summed E-state index contributed by atoms with van der Waals surface area (Å²) in [6.07, 6.45) is 0. The van der Waals surface area contributed by atoms with Gasteiger partial charge in [-0.15, -0.1) is 0 Å². The number of hydrogen-bond donors (Lipinski definition) is 2. The van der Waals surface area contributed by atoms with E-state index in [1.165, 1.54) is 12.1 Å². The van der Waals surface area contributed by atoms with Crippen LogP contribution >= 0.6 is 0 Å². The third-order valence-corrected chi connectivity index (χ3v) is 2.61. The number of nitrogens with one attached hydrogen (secondary N) is 1. The number of aryl methyl sites for hydroxylation is 1. The first-order valence-corrected chi connectivity index (χ1v) is 5.49. The van der Waals surface area contributed by atoms with Crippen molar-refractivity contribution in [1.29, 1.82) is 0 Å². The second-order valence-corrected chi connectivity index (χ2v) is 4.04. The molecule has 2 rings (SSSR count). The van der Waals surface area contributed by atoms with Gasteiger partial charge in [0.25, 0.3) is 5.91 Å². The number of carbonyl (C=O) groups excluding carboxylic acids is 1. The van der Waals surface area contributed by atoms with Gasteiger partial charge >= 0.3 is 0 Å². The summed E-state index contributed by atoms with van der Waals surface area (Å²) in [5.74, 6) is -0.676. The Bertz CT molecular complexity index is 596. The Hall–Kier alpha value is -2.36. The molecule has 0 atom stereocenters. The summed E-state index contributed by atoms with van der Waals surface area (Å²) < 4.78 is 13.0. The zero-order valence-electron chi connectivity index (χ0n) is 9.91. The van der Waals surface area contributed by atoms with Gasteiger partial charge in [-0.25, -0.2) is 4.39 Å². The highest BCUT2D eigenvalue weighted by atomic mass is 19.1. The summed E-state index contributed by atoms with van der Waals surface area (Å²) in [7, 11) is 0. The molecule has 0 spiro atoms. The Morgan fingerprint density at radius 3 is 2.67 bits per heavy atom. The summed E-state index contributed by atoms with van der Waals surface area (Å²) in [4.78, 5) is 11.9. The fourth-order valence-corrected chi connectivity index (χ4v) is 1.59. The van der Waals surface area contributed by atoms with E-state index in [4.69, 9.17) is 5.73 Å². The van der Waals surface area contributed by atoms with E-state index < -0.39 is 0 Å².